The summed E-state index contributed by atoms with van der Waals surface area (Å²) in [7, 11) is -4.67. The molecule has 0 aliphatic heterocycles. The molecule has 0 saturated carbocycles. The van der Waals surface area contributed by atoms with Crippen LogP contribution in [0.5, 0.6) is 0 Å². The van der Waals surface area contributed by atoms with Gasteiger partial charge < -0.3 is 11.6 Å². The van der Waals surface area contributed by atoms with Crippen molar-refractivity contribution in [1.29, 1.82) is 0 Å². The molecule has 0 spiro atoms. The number of alkyl halides is 1. The van der Waals surface area contributed by atoms with Crippen molar-refractivity contribution in [2.75, 3.05) is 0 Å². The van der Waals surface area contributed by atoms with Gasteiger partial charge in [0.2, 0.25) is 0 Å². The molecule has 0 aromatic heterocycles. The highest BCUT2D eigenvalue weighted by atomic mass is 35.5. The van der Waals surface area contributed by atoms with Crippen LogP contribution in [0.25, 0.3) is 0 Å². The molecule has 7 nitrogen and oxygen atoms in total. The third-order valence-corrected chi connectivity index (χ3v) is 0.780. The van der Waals surface area contributed by atoms with Crippen molar-refractivity contribution in [2.24, 2.45) is 16.7 Å². The van der Waals surface area contributed by atoms with Crippen molar-refractivity contribution in [3.8, 4) is 0 Å². The van der Waals surface area contributed by atoms with Crippen LogP contribution in [-0.4, -0.2) is 28.7 Å². The third-order valence-electron chi connectivity index (χ3n) is 0.557. The highest BCUT2D eigenvalue weighted by molar-refractivity contribution is 7.79. The first-order valence-electron chi connectivity index (χ1n) is 2.55. The number of hydrazone groups is 1. The van der Waals surface area contributed by atoms with E-state index in [1.807, 2.05) is 0 Å². The lowest BCUT2D eigenvalue weighted by molar-refractivity contribution is 0.381. The van der Waals surface area contributed by atoms with E-state index in [0.717, 1.165) is 0 Å². The van der Waals surface area contributed by atoms with Gasteiger partial charge in [-0.15, -0.1) is 11.6 Å². The van der Waals surface area contributed by atoms with Crippen LogP contribution in [0.3, 0.4) is 0 Å². The highest BCUT2D eigenvalue weighted by Crippen LogP contribution is 1.89. The smallest absolute Gasteiger partial charge is 0.384 e. The number of rotatable bonds is 1. The second-order valence-electron chi connectivity index (χ2n) is 1.62. The monoisotopic (exact) mass is 219 g/mol. The normalized spacial score (nSPS) is 14.5. The summed E-state index contributed by atoms with van der Waals surface area (Å²) >= 11 is 5.39. The van der Waals surface area contributed by atoms with Crippen LogP contribution in [-0.2, 0) is 10.4 Å². The van der Waals surface area contributed by atoms with E-state index in [2.05, 4.69) is 5.10 Å². The van der Waals surface area contributed by atoms with Crippen molar-refractivity contribution in [3.05, 3.63) is 0 Å². The molecule has 12 heavy (non-hydrogen) atoms. The Morgan fingerprint density at radius 2 is 1.83 bits per heavy atom. The predicted molar refractivity (Wildman–Crippen MR) is 45.3 cm³/mol. The van der Waals surface area contributed by atoms with Crippen molar-refractivity contribution >= 4 is 27.8 Å². The van der Waals surface area contributed by atoms with E-state index in [9.17, 15) is 0 Å². The van der Waals surface area contributed by atoms with Gasteiger partial charge in [-0.2, -0.15) is 13.5 Å². The molecular formula is C3H10ClN3O4S. The lowest BCUT2D eigenvalue weighted by Gasteiger charge is -1.95. The highest BCUT2D eigenvalue weighted by Gasteiger charge is 1.97. The van der Waals surface area contributed by atoms with Gasteiger partial charge in [-0.05, 0) is 6.92 Å². The maximum Gasteiger partial charge on any atom is 0.394 e. The van der Waals surface area contributed by atoms with E-state index in [4.69, 9.17) is 40.7 Å². The average Bonchev–Trinajstić information content (AvgIpc) is 1.82. The molecule has 9 heteroatoms. The van der Waals surface area contributed by atoms with Crippen molar-refractivity contribution < 1.29 is 17.5 Å². The first-order valence-corrected chi connectivity index (χ1v) is 4.39. The van der Waals surface area contributed by atoms with E-state index in [1.54, 1.807) is 6.92 Å². The lowest BCUT2D eigenvalue weighted by Crippen LogP contribution is -2.22. The fourth-order valence-corrected chi connectivity index (χ4v) is 0.159. The van der Waals surface area contributed by atoms with Gasteiger partial charge in [0.05, 0.1) is 5.38 Å². The standard InChI is InChI=1S/C3H8ClN3.H2O4S/c1-2(4)3(5)7-6;1-5(2,3)4/h2H,6H2,1H3,(H2,5,7);(H2,1,2,3,4). The van der Waals surface area contributed by atoms with Crippen LogP contribution in [0.15, 0.2) is 5.10 Å². The van der Waals surface area contributed by atoms with Crippen molar-refractivity contribution in [1.82, 2.24) is 0 Å². The Labute approximate surface area is 75.0 Å². The number of nitrogens with zero attached hydrogens (tertiary/aromatic N) is 1. The largest absolute Gasteiger partial charge is 0.394 e. The molecule has 0 rings (SSSR count). The third kappa shape index (κ3) is 22.7. The number of nitrogens with two attached hydrogens (primary N) is 2. The van der Waals surface area contributed by atoms with Gasteiger partial charge >= 0.3 is 10.4 Å². The van der Waals surface area contributed by atoms with Gasteiger partial charge in [0, 0.05) is 0 Å². The van der Waals surface area contributed by atoms with Gasteiger partial charge in [-0.3, -0.25) is 9.11 Å². The number of hydrogen-bond donors (Lipinski definition) is 4. The summed E-state index contributed by atoms with van der Waals surface area (Å²) in [6.07, 6.45) is 0. The molecule has 0 heterocycles. The van der Waals surface area contributed by atoms with Gasteiger partial charge in [0.25, 0.3) is 0 Å². The number of halogens is 1. The fourth-order valence-electron chi connectivity index (χ4n) is 0.103. The summed E-state index contributed by atoms with van der Waals surface area (Å²) in [4.78, 5) is 0. The van der Waals surface area contributed by atoms with E-state index in [1.165, 1.54) is 0 Å². The molecule has 0 fully saturated rings. The summed E-state index contributed by atoms with van der Waals surface area (Å²) in [5.41, 5.74) is 5.11. The van der Waals surface area contributed by atoms with Crippen LogP contribution >= 0.6 is 11.6 Å². The molecule has 0 aliphatic rings. The Morgan fingerprint density at radius 3 is 1.83 bits per heavy atom. The minimum Gasteiger partial charge on any atom is -0.384 e. The van der Waals surface area contributed by atoms with Gasteiger partial charge in [-0.25, -0.2) is 0 Å². The molecule has 0 aromatic carbocycles. The van der Waals surface area contributed by atoms with E-state index in [-0.39, 0.29) is 11.2 Å². The Bertz CT molecular complexity index is 228. The summed E-state index contributed by atoms with van der Waals surface area (Å²) in [6.45, 7) is 1.70. The van der Waals surface area contributed by atoms with Gasteiger partial charge in [-0.1, -0.05) is 0 Å². The maximum absolute atomic E-state index is 8.74. The first-order chi connectivity index (χ1) is 5.18. The molecule has 0 saturated heterocycles. The second-order valence-corrected chi connectivity index (χ2v) is 3.17. The quantitative estimate of drug-likeness (QED) is 0.114. The molecule has 0 bridgehead atoms. The van der Waals surface area contributed by atoms with E-state index in [0.29, 0.717) is 0 Å². The minimum absolute atomic E-state index is 0.259. The molecule has 0 amide bonds. The Balaban J connectivity index is 0. The van der Waals surface area contributed by atoms with Gasteiger partial charge in [0.1, 0.15) is 5.84 Å². The Kier molecular flexibility index (Phi) is 6.99. The zero-order chi connectivity index (χ0) is 10.4. The number of hydrogen-bond acceptors (Lipinski definition) is 4. The molecule has 1 unspecified atom stereocenters. The van der Waals surface area contributed by atoms with Crippen molar-refractivity contribution in [3.63, 3.8) is 0 Å². The minimum atomic E-state index is -4.67. The molecule has 0 radical (unpaired) electrons. The summed E-state index contributed by atoms with van der Waals surface area (Å²) in [6, 6.07) is 0. The van der Waals surface area contributed by atoms with Crippen LogP contribution < -0.4 is 11.6 Å². The molecule has 6 N–H and O–H groups in total. The van der Waals surface area contributed by atoms with E-state index >= 15 is 0 Å². The SMILES string of the molecule is CC(Cl)C(N)=NN.O=S(=O)(O)O. The second kappa shape index (κ2) is 6.00. The Hall–Kier alpha value is -0.570. The summed E-state index contributed by atoms with van der Waals surface area (Å²) in [5, 5.41) is 2.89. The fraction of sp³-hybridized carbons (Fsp3) is 0.667. The Morgan fingerprint density at radius 1 is 1.58 bits per heavy atom. The number of amidine groups is 1. The predicted octanol–water partition coefficient (Wildman–Crippen LogP) is -0.808. The zero-order valence-electron chi connectivity index (χ0n) is 6.18. The van der Waals surface area contributed by atoms with Crippen LogP contribution in [0, 0.1) is 0 Å². The molecule has 1 atom stereocenters. The van der Waals surface area contributed by atoms with Crippen LogP contribution in [0.4, 0.5) is 0 Å². The maximum atomic E-state index is 8.74. The summed E-state index contributed by atoms with van der Waals surface area (Å²) in [5.74, 6) is 5.02. The molecule has 74 valence electrons. The summed E-state index contributed by atoms with van der Waals surface area (Å²) < 4.78 is 31.6. The van der Waals surface area contributed by atoms with Crippen LogP contribution in [0.2, 0.25) is 0 Å². The van der Waals surface area contributed by atoms with Gasteiger partial charge in [0.15, 0.2) is 0 Å². The van der Waals surface area contributed by atoms with E-state index < -0.39 is 10.4 Å². The molecule has 0 aromatic rings. The zero-order valence-corrected chi connectivity index (χ0v) is 7.75. The van der Waals surface area contributed by atoms with Crippen molar-refractivity contribution in [2.45, 2.75) is 12.3 Å². The molecular weight excluding hydrogens is 210 g/mol. The first kappa shape index (κ1) is 14.0. The molecule has 0 aliphatic carbocycles. The van der Waals surface area contributed by atoms with Crippen LogP contribution in [0.1, 0.15) is 6.92 Å². The lowest BCUT2D eigenvalue weighted by atomic mass is 10.4. The average molecular weight is 220 g/mol. The topological polar surface area (TPSA) is 139 Å².